The first kappa shape index (κ1) is 12.7. The molecule has 2 heterocycles. The topological polar surface area (TPSA) is 69.7 Å². The number of anilines is 3. The maximum atomic E-state index is 5.93. The van der Waals surface area contributed by atoms with Gasteiger partial charge in [0.2, 0.25) is 5.28 Å². The van der Waals surface area contributed by atoms with Crippen molar-refractivity contribution in [3.63, 3.8) is 0 Å². The lowest BCUT2D eigenvalue weighted by Crippen LogP contribution is -2.11. The molecule has 3 aromatic rings. The molecule has 0 spiro atoms. The Kier molecular flexibility index (Phi) is 3.15. The number of para-hydroxylation sites is 2. The summed E-state index contributed by atoms with van der Waals surface area (Å²) >= 11 is 5.93. The second-order valence-corrected chi connectivity index (χ2v) is 4.85. The number of aromatic amines is 1. The van der Waals surface area contributed by atoms with Gasteiger partial charge >= 0.3 is 0 Å². The normalized spacial score (nSPS) is 10.8. The van der Waals surface area contributed by atoms with Crippen LogP contribution in [0.4, 0.5) is 17.2 Å². The minimum Gasteiger partial charge on any atom is -0.376 e. The third-order valence-corrected chi connectivity index (χ3v) is 3.09. The average Bonchev–Trinajstić information content (AvgIpc) is 2.87. The van der Waals surface area contributed by atoms with Crippen molar-refractivity contribution in [1.29, 1.82) is 0 Å². The molecule has 0 radical (unpaired) electrons. The highest BCUT2D eigenvalue weighted by molar-refractivity contribution is 6.28. The van der Waals surface area contributed by atoms with E-state index in [9.17, 15) is 0 Å². The van der Waals surface area contributed by atoms with Crippen LogP contribution in [0.1, 0.15) is 0 Å². The van der Waals surface area contributed by atoms with Crippen molar-refractivity contribution in [3.05, 3.63) is 35.7 Å². The van der Waals surface area contributed by atoms with E-state index < -0.39 is 0 Å². The van der Waals surface area contributed by atoms with Crippen molar-refractivity contribution < 1.29 is 0 Å². The van der Waals surface area contributed by atoms with Crippen LogP contribution in [0.15, 0.2) is 30.5 Å². The Morgan fingerprint density at radius 1 is 1.20 bits per heavy atom. The number of fused-ring (bicyclic) bond motifs is 1. The van der Waals surface area contributed by atoms with Gasteiger partial charge in [-0.1, -0.05) is 12.1 Å². The SMILES string of the molecule is CN(C)c1ccccc1Nc1nc(Cl)nc2[nH]ncc12. The Hall–Kier alpha value is -2.34. The highest BCUT2D eigenvalue weighted by Gasteiger charge is 2.11. The lowest BCUT2D eigenvalue weighted by molar-refractivity contribution is 1.09. The first-order valence-corrected chi connectivity index (χ1v) is 6.43. The van der Waals surface area contributed by atoms with Crippen LogP contribution in [-0.4, -0.2) is 34.3 Å². The maximum Gasteiger partial charge on any atom is 0.226 e. The van der Waals surface area contributed by atoms with Crippen molar-refractivity contribution in [3.8, 4) is 0 Å². The molecular weight excluding hydrogens is 276 g/mol. The number of halogens is 1. The van der Waals surface area contributed by atoms with Crippen molar-refractivity contribution >= 4 is 39.8 Å². The van der Waals surface area contributed by atoms with Gasteiger partial charge in [-0.05, 0) is 23.7 Å². The Bertz CT molecular complexity index is 751. The number of H-pyrrole nitrogens is 1. The van der Waals surface area contributed by atoms with E-state index in [1.165, 1.54) is 0 Å². The van der Waals surface area contributed by atoms with Crippen molar-refractivity contribution in [1.82, 2.24) is 20.2 Å². The van der Waals surface area contributed by atoms with E-state index >= 15 is 0 Å². The second-order valence-electron chi connectivity index (χ2n) is 4.51. The molecule has 0 unspecified atom stereocenters. The zero-order chi connectivity index (χ0) is 14.1. The Labute approximate surface area is 120 Å². The smallest absolute Gasteiger partial charge is 0.226 e. The summed E-state index contributed by atoms with van der Waals surface area (Å²) in [5, 5.41) is 11.0. The lowest BCUT2D eigenvalue weighted by atomic mass is 10.2. The summed E-state index contributed by atoms with van der Waals surface area (Å²) in [5.41, 5.74) is 2.60. The van der Waals surface area contributed by atoms with E-state index in [-0.39, 0.29) is 5.28 Å². The van der Waals surface area contributed by atoms with E-state index in [0.717, 1.165) is 16.8 Å². The zero-order valence-corrected chi connectivity index (χ0v) is 11.8. The number of benzene rings is 1. The van der Waals surface area contributed by atoms with Crippen molar-refractivity contribution in [2.45, 2.75) is 0 Å². The molecular formula is C13H13ClN6. The Morgan fingerprint density at radius 2 is 2.00 bits per heavy atom. The van der Waals surface area contributed by atoms with Gasteiger partial charge in [0.15, 0.2) is 5.65 Å². The molecule has 2 aromatic heterocycles. The quantitative estimate of drug-likeness (QED) is 0.725. The van der Waals surface area contributed by atoms with Gasteiger partial charge in [-0.3, -0.25) is 5.10 Å². The van der Waals surface area contributed by atoms with Crippen LogP contribution in [0.25, 0.3) is 11.0 Å². The predicted molar refractivity (Wildman–Crippen MR) is 80.7 cm³/mol. The number of nitrogens with zero attached hydrogens (tertiary/aromatic N) is 4. The molecule has 0 aliphatic carbocycles. The van der Waals surface area contributed by atoms with Gasteiger partial charge in [-0.25, -0.2) is 0 Å². The monoisotopic (exact) mass is 288 g/mol. The Balaban J connectivity index is 2.08. The van der Waals surface area contributed by atoms with Crippen LogP contribution in [-0.2, 0) is 0 Å². The molecule has 0 aliphatic heterocycles. The average molecular weight is 289 g/mol. The van der Waals surface area contributed by atoms with Crippen LogP contribution < -0.4 is 10.2 Å². The fourth-order valence-electron chi connectivity index (χ4n) is 2.00. The molecule has 0 saturated heterocycles. The summed E-state index contributed by atoms with van der Waals surface area (Å²) in [7, 11) is 3.97. The molecule has 0 atom stereocenters. The van der Waals surface area contributed by atoms with E-state index in [4.69, 9.17) is 11.6 Å². The molecule has 0 bridgehead atoms. The summed E-state index contributed by atoms with van der Waals surface area (Å²) in [5.74, 6) is 0.628. The molecule has 0 aliphatic rings. The molecule has 20 heavy (non-hydrogen) atoms. The van der Waals surface area contributed by atoms with Crippen LogP contribution in [0.5, 0.6) is 0 Å². The third-order valence-electron chi connectivity index (χ3n) is 2.92. The van der Waals surface area contributed by atoms with Gasteiger partial charge in [0.1, 0.15) is 5.82 Å². The highest BCUT2D eigenvalue weighted by atomic mass is 35.5. The van der Waals surface area contributed by atoms with Gasteiger partial charge in [-0.2, -0.15) is 15.1 Å². The van der Waals surface area contributed by atoms with E-state index in [0.29, 0.717) is 11.5 Å². The molecule has 102 valence electrons. The fraction of sp³-hybridized carbons (Fsp3) is 0.154. The largest absolute Gasteiger partial charge is 0.376 e. The molecule has 1 aromatic carbocycles. The summed E-state index contributed by atoms with van der Waals surface area (Å²) < 4.78 is 0. The summed E-state index contributed by atoms with van der Waals surface area (Å²) in [4.78, 5) is 10.3. The molecule has 0 saturated carbocycles. The summed E-state index contributed by atoms with van der Waals surface area (Å²) in [6.45, 7) is 0. The first-order chi connectivity index (χ1) is 9.65. The van der Waals surface area contributed by atoms with Gasteiger partial charge in [0.05, 0.1) is 23.0 Å². The number of hydrogen-bond acceptors (Lipinski definition) is 5. The summed E-state index contributed by atoms with van der Waals surface area (Å²) in [6.07, 6.45) is 1.67. The second kappa shape index (κ2) is 4.97. The zero-order valence-electron chi connectivity index (χ0n) is 11.1. The number of hydrogen-bond donors (Lipinski definition) is 2. The minimum absolute atomic E-state index is 0.173. The minimum atomic E-state index is 0.173. The Morgan fingerprint density at radius 3 is 2.80 bits per heavy atom. The van der Waals surface area contributed by atoms with Gasteiger partial charge < -0.3 is 10.2 Å². The van der Waals surface area contributed by atoms with Crippen molar-refractivity contribution in [2.75, 3.05) is 24.3 Å². The summed E-state index contributed by atoms with van der Waals surface area (Å²) in [6, 6.07) is 7.96. The fourth-order valence-corrected chi connectivity index (χ4v) is 2.17. The molecule has 0 amide bonds. The van der Waals surface area contributed by atoms with Gasteiger partial charge in [0.25, 0.3) is 0 Å². The number of rotatable bonds is 3. The number of nitrogens with one attached hydrogen (secondary N) is 2. The van der Waals surface area contributed by atoms with Crippen LogP contribution in [0.3, 0.4) is 0 Å². The molecule has 0 fully saturated rings. The first-order valence-electron chi connectivity index (χ1n) is 6.05. The van der Waals surface area contributed by atoms with E-state index in [1.54, 1.807) is 6.20 Å². The standard InChI is InChI=1S/C13H13ClN6/c1-20(2)10-6-4-3-5-9(10)16-11-8-7-15-19-12(8)18-13(14)17-11/h3-7H,1-2H3,(H2,15,16,17,18,19). The lowest BCUT2D eigenvalue weighted by Gasteiger charge is -2.18. The van der Waals surface area contributed by atoms with Crippen molar-refractivity contribution in [2.24, 2.45) is 0 Å². The van der Waals surface area contributed by atoms with E-state index in [1.807, 2.05) is 43.3 Å². The van der Waals surface area contributed by atoms with Crippen LogP contribution >= 0.6 is 11.6 Å². The number of aromatic nitrogens is 4. The molecule has 6 nitrogen and oxygen atoms in total. The molecule has 2 N–H and O–H groups in total. The van der Waals surface area contributed by atoms with E-state index in [2.05, 4.69) is 25.5 Å². The third kappa shape index (κ3) is 2.25. The highest BCUT2D eigenvalue weighted by Crippen LogP contribution is 2.29. The molecule has 7 heteroatoms. The molecule has 3 rings (SSSR count). The van der Waals surface area contributed by atoms with Gasteiger partial charge in [0, 0.05) is 14.1 Å². The van der Waals surface area contributed by atoms with Gasteiger partial charge in [-0.15, -0.1) is 0 Å². The van der Waals surface area contributed by atoms with Crippen LogP contribution in [0, 0.1) is 0 Å². The predicted octanol–water partition coefficient (Wildman–Crippen LogP) is 2.82. The maximum absolute atomic E-state index is 5.93. The van der Waals surface area contributed by atoms with Crippen LogP contribution in [0.2, 0.25) is 5.28 Å².